The maximum absolute atomic E-state index is 12.1. The number of nitrogens with zero attached hydrogens (tertiary/aromatic N) is 3. The number of hydrogen-bond acceptors (Lipinski definition) is 11. The summed E-state index contributed by atoms with van der Waals surface area (Å²) in [6.07, 6.45) is -1.17. The zero-order valence-corrected chi connectivity index (χ0v) is 26.6. The van der Waals surface area contributed by atoms with Gasteiger partial charge >= 0.3 is 23.9 Å². The van der Waals surface area contributed by atoms with E-state index in [-0.39, 0.29) is 44.2 Å². The second-order valence-corrected chi connectivity index (χ2v) is 10.8. The smallest absolute Gasteiger partial charge is 0.317 e. The molecule has 0 heterocycles. The van der Waals surface area contributed by atoms with E-state index in [0.29, 0.717) is 11.3 Å². The maximum Gasteiger partial charge on any atom is 0.317 e. The van der Waals surface area contributed by atoms with E-state index in [1.807, 2.05) is 48.5 Å². The molecule has 0 radical (unpaired) electrons. The molecule has 3 aromatic carbocycles. The van der Waals surface area contributed by atoms with Crippen molar-refractivity contribution in [1.82, 2.24) is 9.80 Å². The first kappa shape index (κ1) is 38.0. The number of carboxylic acid groups (broad SMARTS) is 4. The van der Waals surface area contributed by atoms with Gasteiger partial charge in [0.15, 0.2) is 0 Å². The van der Waals surface area contributed by atoms with Crippen LogP contribution in [-0.2, 0) is 28.7 Å². The minimum absolute atomic E-state index is 0.0161. The van der Waals surface area contributed by atoms with Crippen LogP contribution in [0.3, 0.4) is 0 Å². The van der Waals surface area contributed by atoms with Crippen molar-refractivity contribution in [3.05, 3.63) is 82.4 Å². The van der Waals surface area contributed by atoms with Gasteiger partial charge in [-0.25, -0.2) is 0 Å². The molecule has 3 aromatic rings. The van der Waals surface area contributed by atoms with Crippen LogP contribution in [0.5, 0.6) is 5.75 Å². The number of rotatable bonds is 22. The predicted molar refractivity (Wildman–Crippen MR) is 173 cm³/mol. The van der Waals surface area contributed by atoms with Crippen molar-refractivity contribution in [3.63, 3.8) is 0 Å². The lowest BCUT2D eigenvalue weighted by molar-refractivity contribution is -0.386. The summed E-state index contributed by atoms with van der Waals surface area (Å²) >= 11 is 0. The third-order valence-corrected chi connectivity index (χ3v) is 7.17. The van der Waals surface area contributed by atoms with Crippen LogP contribution in [0.2, 0.25) is 0 Å². The van der Waals surface area contributed by atoms with Gasteiger partial charge in [0.25, 0.3) is 5.69 Å². The molecule has 0 saturated heterocycles. The fourth-order valence-electron chi connectivity index (χ4n) is 4.98. The molecule has 262 valence electrons. The van der Waals surface area contributed by atoms with E-state index in [0.717, 1.165) is 26.5 Å². The predicted octanol–water partition coefficient (Wildman–Crippen LogP) is 2.95. The lowest BCUT2D eigenvalue weighted by Crippen LogP contribution is -2.38. The van der Waals surface area contributed by atoms with E-state index in [2.05, 4.69) is 0 Å². The van der Waals surface area contributed by atoms with Gasteiger partial charge in [-0.15, -0.1) is 0 Å². The highest BCUT2D eigenvalue weighted by Gasteiger charge is 2.28. The molecular formula is C33H37N3O13. The quantitative estimate of drug-likeness (QED) is 0.0678. The Balaban J connectivity index is 1.86. The zero-order chi connectivity index (χ0) is 35.9. The Labute approximate surface area is 280 Å². The number of nitro benzene ring substituents is 1. The van der Waals surface area contributed by atoms with Gasteiger partial charge in [0.05, 0.1) is 63.6 Å². The Kier molecular flexibility index (Phi) is 14.6. The molecule has 16 heteroatoms. The number of ether oxygens (including phenoxy) is 3. The minimum atomic E-state index is -1.31. The summed E-state index contributed by atoms with van der Waals surface area (Å²) in [5.41, 5.74) is 2.93. The fraction of sp³-hybridized carbons (Fsp3) is 0.333. The van der Waals surface area contributed by atoms with Gasteiger partial charge in [0.1, 0.15) is 11.9 Å². The molecule has 4 N–H and O–H groups in total. The maximum atomic E-state index is 12.1. The largest absolute Gasteiger partial charge is 0.497 e. The highest BCUT2D eigenvalue weighted by atomic mass is 16.6. The van der Waals surface area contributed by atoms with Gasteiger partial charge in [0.2, 0.25) is 0 Å². The van der Waals surface area contributed by atoms with Crippen molar-refractivity contribution in [2.75, 3.05) is 66.2 Å². The van der Waals surface area contributed by atoms with E-state index in [1.165, 1.54) is 6.07 Å². The third kappa shape index (κ3) is 12.6. The highest BCUT2D eigenvalue weighted by molar-refractivity contribution is 5.74. The SMILES string of the molecule is COc1ccc(-c2ccc(-c3ccc([N+](=O)[O-])c(C(CN(CC(=O)O)CC(=O)O)OCCOCCN(CC(=O)O)CC(=O)O)c3)cc2)cc1. The van der Waals surface area contributed by atoms with E-state index in [1.54, 1.807) is 19.2 Å². The summed E-state index contributed by atoms with van der Waals surface area (Å²) in [7, 11) is 1.58. The van der Waals surface area contributed by atoms with Gasteiger partial charge in [-0.05, 0) is 46.5 Å². The normalized spacial score (nSPS) is 11.7. The monoisotopic (exact) mass is 683 g/mol. The average molecular weight is 684 g/mol. The standard InChI is InChI=1S/C33H37N3O13/c1-47-26-9-6-23(7-10-26)22-2-4-24(5-3-22)25-8-11-28(36(45)46)27(16-25)29(17-35(20-32(41)42)21-33(43)44)49-15-14-48-13-12-34(18-30(37)38)19-31(39)40/h2-11,16,29H,12-15,17-21H2,1H3,(H,37,38)(H,39,40)(H,41,42)(H,43,44). The molecule has 0 spiro atoms. The van der Waals surface area contributed by atoms with Crippen LogP contribution in [0.4, 0.5) is 5.69 Å². The second-order valence-electron chi connectivity index (χ2n) is 10.8. The first-order valence-electron chi connectivity index (χ1n) is 14.9. The van der Waals surface area contributed by atoms with Crippen molar-refractivity contribution in [1.29, 1.82) is 0 Å². The molecule has 3 rings (SSSR count). The summed E-state index contributed by atoms with van der Waals surface area (Å²) in [4.78, 5) is 58.8. The van der Waals surface area contributed by atoms with Crippen molar-refractivity contribution in [3.8, 4) is 28.0 Å². The number of methoxy groups -OCH3 is 1. The average Bonchev–Trinajstić information content (AvgIpc) is 3.04. The van der Waals surface area contributed by atoms with E-state index < -0.39 is 61.1 Å². The molecule has 16 nitrogen and oxygen atoms in total. The molecule has 0 amide bonds. The number of carboxylic acids is 4. The lowest BCUT2D eigenvalue weighted by atomic mass is 9.96. The van der Waals surface area contributed by atoms with E-state index >= 15 is 0 Å². The fourth-order valence-corrected chi connectivity index (χ4v) is 4.98. The van der Waals surface area contributed by atoms with Crippen LogP contribution in [0.25, 0.3) is 22.3 Å². The van der Waals surface area contributed by atoms with E-state index in [9.17, 15) is 39.5 Å². The second kappa shape index (κ2) is 18.8. The molecule has 0 aliphatic carbocycles. The zero-order valence-electron chi connectivity index (χ0n) is 26.6. The van der Waals surface area contributed by atoms with Gasteiger partial charge in [0, 0.05) is 19.2 Å². The van der Waals surface area contributed by atoms with Gasteiger partial charge in [-0.1, -0.05) is 36.4 Å². The first-order chi connectivity index (χ1) is 23.4. The molecule has 0 bridgehead atoms. The van der Waals surface area contributed by atoms with Crippen molar-refractivity contribution in [2.24, 2.45) is 0 Å². The number of hydrogen-bond donors (Lipinski definition) is 4. The summed E-state index contributed by atoms with van der Waals surface area (Å²) in [6, 6.07) is 19.4. The van der Waals surface area contributed by atoms with Gasteiger partial charge < -0.3 is 34.6 Å². The van der Waals surface area contributed by atoms with Gasteiger partial charge in [-0.2, -0.15) is 0 Å². The minimum Gasteiger partial charge on any atom is -0.497 e. The molecule has 1 atom stereocenters. The van der Waals surface area contributed by atoms with Crippen LogP contribution in [0.1, 0.15) is 11.7 Å². The molecule has 0 saturated carbocycles. The summed E-state index contributed by atoms with van der Waals surface area (Å²) in [5.74, 6) is -4.33. The Morgan fingerprint density at radius 2 is 1.16 bits per heavy atom. The Hall–Kier alpha value is -5.42. The van der Waals surface area contributed by atoms with Crippen LogP contribution >= 0.6 is 0 Å². The number of carbonyl (C=O) groups is 4. The van der Waals surface area contributed by atoms with Gasteiger partial charge in [-0.3, -0.25) is 39.1 Å². The van der Waals surface area contributed by atoms with Crippen molar-refractivity contribution < 1.29 is 58.7 Å². The molecule has 49 heavy (non-hydrogen) atoms. The Morgan fingerprint density at radius 3 is 1.65 bits per heavy atom. The van der Waals surface area contributed by atoms with Crippen molar-refractivity contribution in [2.45, 2.75) is 6.10 Å². The summed E-state index contributed by atoms with van der Waals surface area (Å²) in [6.45, 7) is -3.04. The summed E-state index contributed by atoms with van der Waals surface area (Å²) in [5, 5.41) is 48.9. The number of aliphatic carboxylic acids is 4. The molecule has 1 unspecified atom stereocenters. The molecule has 0 aromatic heterocycles. The first-order valence-corrected chi connectivity index (χ1v) is 14.9. The van der Waals surface area contributed by atoms with E-state index in [4.69, 9.17) is 24.4 Å². The molecule has 0 aliphatic rings. The van der Waals surface area contributed by atoms with Crippen LogP contribution in [0, 0.1) is 10.1 Å². The lowest BCUT2D eigenvalue weighted by Gasteiger charge is -2.26. The van der Waals surface area contributed by atoms with Crippen LogP contribution < -0.4 is 4.74 Å². The number of benzene rings is 3. The molecule has 0 fully saturated rings. The van der Waals surface area contributed by atoms with Crippen LogP contribution in [0.15, 0.2) is 66.7 Å². The highest BCUT2D eigenvalue weighted by Crippen LogP contribution is 2.34. The number of nitro groups is 1. The third-order valence-electron chi connectivity index (χ3n) is 7.17. The Morgan fingerprint density at radius 1 is 0.694 bits per heavy atom. The van der Waals surface area contributed by atoms with Crippen LogP contribution in [-0.4, -0.2) is 125 Å². The van der Waals surface area contributed by atoms with Crippen molar-refractivity contribution >= 4 is 29.6 Å². The Bertz CT molecular complexity index is 1560. The molecule has 0 aliphatic heterocycles. The topological polar surface area (TPSA) is 227 Å². The summed E-state index contributed by atoms with van der Waals surface area (Å²) < 4.78 is 16.7. The molecular weight excluding hydrogens is 646 g/mol.